The molecule has 1 N–H and O–H groups in total. The van der Waals surface area contributed by atoms with Crippen molar-refractivity contribution in [3.8, 4) is 0 Å². The van der Waals surface area contributed by atoms with E-state index in [4.69, 9.17) is 5.10 Å². The first-order chi connectivity index (χ1) is 9.37. The van der Waals surface area contributed by atoms with Crippen molar-refractivity contribution in [1.82, 2.24) is 15.1 Å². The fourth-order valence-electron chi connectivity index (χ4n) is 5.79. The Labute approximate surface area is 114 Å². The molecule has 0 aromatic carbocycles. The second-order valence-corrected chi connectivity index (χ2v) is 7.42. The van der Waals surface area contributed by atoms with Crippen LogP contribution in [0.3, 0.4) is 0 Å². The molecule has 102 valence electrons. The monoisotopic (exact) mass is 257 g/mol. The van der Waals surface area contributed by atoms with E-state index in [-0.39, 0.29) is 0 Å². The Kier molecular flexibility index (Phi) is 2.21. The van der Waals surface area contributed by atoms with Crippen molar-refractivity contribution in [2.24, 2.45) is 23.7 Å². The van der Waals surface area contributed by atoms with Crippen LogP contribution in [0, 0.1) is 23.7 Å². The van der Waals surface area contributed by atoms with Gasteiger partial charge in [-0.1, -0.05) is 0 Å². The van der Waals surface area contributed by atoms with E-state index in [9.17, 15) is 0 Å². The third kappa shape index (κ3) is 1.57. The molecule has 0 spiro atoms. The highest BCUT2D eigenvalue weighted by atomic mass is 15.3. The molecule has 0 unspecified atom stereocenters. The van der Waals surface area contributed by atoms with E-state index in [2.05, 4.69) is 16.1 Å². The molecule has 0 radical (unpaired) electrons. The predicted molar refractivity (Wildman–Crippen MR) is 73.7 cm³/mol. The molecular weight excluding hydrogens is 234 g/mol. The summed E-state index contributed by atoms with van der Waals surface area (Å²) in [7, 11) is 0. The van der Waals surface area contributed by atoms with Gasteiger partial charge >= 0.3 is 0 Å². The fraction of sp³-hybridized carbons (Fsp3) is 0.812. The average molecular weight is 257 g/mol. The minimum atomic E-state index is 0.797. The lowest BCUT2D eigenvalue weighted by atomic mass is 9.51. The zero-order chi connectivity index (χ0) is 12.4. The van der Waals surface area contributed by atoms with Gasteiger partial charge < -0.3 is 5.32 Å². The van der Waals surface area contributed by atoms with Crippen molar-refractivity contribution >= 4 is 0 Å². The molecule has 2 heterocycles. The third-order valence-corrected chi connectivity index (χ3v) is 6.26. The summed E-state index contributed by atoms with van der Waals surface area (Å²) in [4.78, 5) is 0. The highest BCUT2D eigenvalue weighted by Gasteiger charge is 2.49. The first-order valence-electron chi connectivity index (χ1n) is 8.14. The van der Waals surface area contributed by atoms with Gasteiger partial charge in [-0.3, -0.25) is 4.68 Å². The fourth-order valence-corrected chi connectivity index (χ4v) is 5.79. The van der Waals surface area contributed by atoms with E-state index >= 15 is 0 Å². The Morgan fingerprint density at radius 2 is 1.79 bits per heavy atom. The smallest absolute Gasteiger partial charge is 0.0664 e. The van der Waals surface area contributed by atoms with E-state index in [0.717, 1.165) is 49.2 Å². The third-order valence-electron chi connectivity index (χ3n) is 6.26. The molecule has 4 fully saturated rings. The number of nitrogens with one attached hydrogen (secondary N) is 1. The molecule has 0 saturated heterocycles. The van der Waals surface area contributed by atoms with Gasteiger partial charge in [0.05, 0.1) is 17.9 Å². The number of aromatic nitrogens is 2. The van der Waals surface area contributed by atoms with E-state index < -0.39 is 0 Å². The molecule has 1 aliphatic heterocycles. The van der Waals surface area contributed by atoms with Crippen molar-refractivity contribution in [3.63, 3.8) is 0 Å². The van der Waals surface area contributed by atoms with Crippen molar-refractivity contribution in [2.45, 2.75) is 51.1 Å². The maximum absolute atomic E-state index is 4.97. The van der Waals surface area contributed by atoms with Gasteiger partial charge in [-0.05, 0) is 61.8 Å². The molecule has 4 aliphatic carbocycles. The summed E-state index contributed by atoms with van der Waals surface area (Å²) in [5.74, 6) is 4.85. The van der Waals surface area contributed by atoms with Crippen LogP contribution < -0.4 is 5.32 Å². The summed E-state index contributed by atoms with van der Waals surface area (Å²) >= 11 is 0. The summed E-state index contributed by atoms with van der Waals surface area (Å²) in [5.41, 5.74) is 2.85. The Balaban J connectivity index is 1.50. The van der Waals surface area contributed by atoms with Crippen molar-refractivity contribution in [3.05, 3.63) is 17.5 Å². The first kappa shape index (κ1) is 10.9. The predicted octanol–water partition coefficient (Wildman–Crippen LogP) is 2.53. The van der Waals surface area contributed by atoms with Crippen LogP contribution in [-0.4, -0.2) is 16.3 Å². The van der Waals surface area contributed by atoms with E-state index in [1.54, 1.807) is 6.42 Å². The maximum Gasteiger partial charge on any atom is 0.0664 e. The van der Waals surface area contributed by atoms with Crippen LogP contribution in [0.5, 0.6) is 0 Å². The highest BCUT2D eigenvalue weighted by molar-refractivity contribution is 5.20. The van der Waals surface area contributed by atoms with Crippen LogP contribution in [-0.2, 0) is 13.1 Å². The number of hydrogen-bond acceptors (Lipinski definition) is 2. The minimum Gasteiger partial charge on any atom is -0.309 e. The van der Waals surface area contributed by atoms with Gasteiger partial charge in [-0.25, -0.2) is 0 Å². The summed E-state index contributed by atoms with van der Waals surface area (Å²) in [6.07, 6.45) is 7.54. The topological polar surface area (TPSA) is 29.9 Å². The summed E-state index contributed by atoms with van der Waals surface area (Å²) in [6.45, 7) is 3.15. The molecule has 4 saturated carbocycles. The van der Waals surface area contributed by atoms with Gasteiger partial charge in [0, 0.05) is 19.0 Å². The lowest BCUT2D eigenvalue weighted by Gasteiger charge is -2.54. The second-order valence-electron chi connectivity index (χ2n) is 7.42. The van der Waals surface area contributed by atoms with Gasteiger partial charge in [0.1, 0.15) is 0 Å². The van der Waals surface area contributed by atoms with Gasteiger partial charge in [-0.2, -0.15) is 5.10 Å². The molecule has 4 bridgehead atoms. The van der Waals surface area contributed by atoms with E-state index in [1.165, 1.54) is 37.1 Å². The largest absolute Gasteiger partial charge is 0.309 e. The number of rotatable bonds is 1. The van der Waals surface area contributed by atoms with Gasteiger partial charge in [0.2, 0.25) is 0 Å². The lowest BCUT2D eigenvalue weighted by Crippen LogP contribution is -2.43. The van der Waals surface area contributed by atoms with Crippen LogP contribution in [0.1, 0.15) is 49.4 Å². The number of hydrogen-bond donors (Lipinski definition) is 1. The summed E-state index contributed by atoms with van der Waals surface area (Å²) in [5, 5.41) is 8.43. The van der Waals surface area contributed by atoms with Crippen molar-refractivity contribution < 1.29 is 0 Å². The normalized spacial score (nSPS) is 43.5. The molecule has 6 rings (SSSR count). The van der Waals surface area contributed by atoms with Gasteiger partial charge in [0.25, 0.3) is 0 Å². The van der Waals surface area contributed by atoms with Crippen LogP contribution in [0.2, 0.25) is 0 Å². The summed E-state index contributed by atoms with van der Waals surface area (Å²) in [6, 6.07) is 2.42. The lowest BCUT2D eigenvalue weighted by molar-refractivity contribution is -0.00434. The second kappa shape index (κ2) is 3.85. The molecule has 19 heavy (non-hydrogen) atoms. The molecule has 3 heteroatoms. The SMILES string of the molecule is c1c(C2C3CC4CC(C3)CC2C4)nn2c1CNCC2. The quantitative estimate of drug-likeness (QED) is 0.838. The molecule has 0 amide bonds. The molecular formula is C16H23N3. The Hall–Kier alpha value is -0.830. The Bertz CT molecular complexity index is 453. The van der Waals surface area contributed by atoms with E-state index in [0.29, 0.717) is 0 Å². The minimum absolute atomic E-state index is 0.797. The summed E-state index contributed by atoms with van der Waals surface area (Å²) < 4.78 is 2.26. The molecule has 5 aliphatic rings. The Morgan fingerprint density at radius 3 is 2.47 bits per heavy atom. The van der Waals surface area contributed by atoms with Crippen LogP contribution in [0.15, 0.2) is 6.07 Å². The Morgan fingerprint density at radius 1 is 1.05 bits per heavy atom. The van der Waals surface area contributed by atoms with Gasteiger partial charge in [0.15, 0.2) is 0 Å². The standard InChI is InChI=1S/C16H23N3/c1-2-19-14(9-17-1)8-15(18-19)16-12-4-10-3-11(6-12)7-13(16)5-10/h8,10-13,16-17H,1-7,9H2. The highest BCUT2D eigenvalue weighted by Crippen LogP contribution is 2.59. The van der Waals surface area contributed by atoms with Crippen LogP contribution in [0.25, 0.3) is 0 Å². The van der Waals surface area contributed by atoms with Crippen molar-refractivity contribution in [2.75, 3.05) is 6.54 Å². The first-order valence-corrected chi connectivity index (χ1v) is 8.14. The molecule has 3 nitrogen and oxygen atoms in total. The maximum atomic E-state index is 4.97. The van der Waals surface area contributed by atoms with Crippen LogP contribution in [0.4, 0.5) is 0 Å². The number of fused-ring (bicyclic) bond motifs is 1. The zero-order valence-corrected chi connectivity index (χ0v) is 11.5. The van der Waals surface area contributed by atoms with Crippen molar-refractivity contribution in [1.29, 1.82) is 0 Å². The molecule has 0 atom stereocenters. The zero-order valence-electron chi connectivity index (χ0n) is 11.5. The number of nitrogens with zero attached hydrogens (tertiary/aromatic N) is 2. The average Bonchev–Trinajstić information content (AvgIpc) is 2.80. The molecule has 1 aromatic heterocycles. The van der Waals surface area contributed by atoms with E-state index in [1.807, 2.05) is 0 Å². The molecule has 1 aromatic rings. The van der Waals surface area contributed by atoms with Gasteiger partial charge in [-0.15, -0.1) is 0 Å². The van der Waals surface area contributed by atoms with Crippen LogP contribution >= 0.6 is 0 Å².